The van der Waals surface area contributed by atoms with Crippen molar-refractivity contribution in [3.63, 3.8) is 0 Å². The van der Waals surface area contributed by atoms with E-state index in [0.717, 1.165) is 17.3 Å². The van der Waals surface area contributed by atoms with Crippen LogP contribution < -0.4 is 10.1 Å². The normalized spacial score (nSPS) is 12.9. The first kappa shape index (κ1) is 11.0. The van der Waals surface area contributed by atoms with Crippen LogP contribution in [0.15, 0.2) is 18.2 Å². The van der Waals surface area contributed by atoms with Crippen LogP contribution >= 0.6 is 15.9 Å². The van der Waals surface area contributed by atoms with Gasteiger partial charge in [0.05, 0.1) is 5.69 Å². The first-order chi connectivity index (χ1) is 7.79. The summed E-state index contributed by atoms with van der Waals surface area (Å²) in [7, 11) is 0. The standard InChI is InChI=1S/C12H10BrNO2/c13-6-2-1-3-9-4-5-10-11(7-9)16-8-12(15)14-10/h4-5,7H,2,6,8H2,(H,14,15). The highest BCUT2D eigenvalue weighted by Gasteiger charge is 2.15. The molecule has 0 spiro atoms. The zero-order valence-corrected chi connectivity index (χ0v) is 10.1. The molecule has 1 aromatic carbocycles. The first-order valence-corrected chi connectivity index (χ1v) is 6.03. The van der Waals surface area contributed by atoms with Crippen LogP contribution in [0.4, 0.5) is 5.69 Å². The topological polar surface area (TPSA) is 38.3 Å². The lowest BCUT2D eigenvalue weighted by Crippen LogP contribution is -2.25. The predicted molar refractivity (Wildman–Crippen MR) is 65.9 cm³/mol. The fourth-order valence-electron chi connectivity index (χ4n) is 1.36. The van der Waals surface area contributed by atoms with Gasteiger partial charge < -0.3 is 10.1 Å². The number of halogens is 1. The largest absolute Gasteiger partial charge is 0.482 e. The van der Waals surface area contributed by atoms with E-state index in [1.54, 1.807) is 0 Å². The number of benzene rings is 1. The summed E-state index contributed by atoms with van der Waals surface area (Å²) < 4.78 is 5.29. The Hall–Kier alpha value is -1.47. The van der Waals surface area contributed by atoms with Gasteiger partial charge in [0.1, 0.15) is 5.75 Å². The highest BCUT2D eigenvalue weighted by Crippen LogP contribution is 2.28. The molecule has 1 N–H and O–H groups in total. The van der Waals surface area contributed by atoms with E-state index in [-0.39, 0.29) is 12.5 Å². The Morgan fingerprint density at radius 1 is 1.50 bits per heavy atom. The van der Waals surface area contributed by atoms with Crippen molar-refractivity contribution in [1.82, 2.24) is 0 Å². The van der Waals surface area contributed by atoms with Crippen LogP contribution in [0.2, 0.25) is 0 Å². The average Bonchev–Trinajstić information content (AvgIpc) is 2.29. The molecule has 16 heavy (non-hydrogen) atoms. The maximum atomic E-state index is 11.1. The van der Waals surface area contributed by atoms with Gasteiger partial charge >= 0.3 is 0 Å². The van der Waals surface area contributed by atoms with E-state index in [9.17, 15) is 4.79 Å². The Kier molecular flexibility index (Phi) is 3.47. The number of fused-ring (bicyclic) bond motifs is 1. The number of hydrogen-bond acceptors (Lipinski definition) is 2. The van der Waals surface area contributed by atoms with Crippen LogP contribution in [0.3, 0.4) is 0 Å². The van der Waals surface area contributed by atoms with Crippen molar-refractivity contribution in [2.75, 3.05) is 17.3 Å². The summed E-state index contributed by atoms with van der Waals surface area (Å²) in [5.41, 5.74) is 1.61. The minimum Gasteiger partial charge on any atom is -0.482 e. The van der Waals surface area contributed by atoms with Gasteiger partial charge in [-0.3, -0.25) is 4.79 Å². The fraction of sp³-hybridized carbons (Fsp3) is 0.250. The molecule has 0 saturated heterocycles. The fourth-order valence-corrected chi connectivity index (χ4v) is 1.56. The van der Waals surface area contributed by atoms with Crippen LogP contribution in [-0.4, -0.2) is 17.8 Å². The number of rotatable bonds is 1. The Morgan fingerprint density at radius 2 is 2.38 bits per heavy atom. The van der Waals surface area contributed by atoms with E-state index in [2.05, 4.69) is 33.1 Å². The van der Waals surface area contributed by atoms with Gasteiger partial charge in [-0.1, -0.05) is 27.8 Å². The van der Waals surface area contributed by atoms with E-state index in [0.29, 0.717) is 11.4 Å². The summed E-state index contributed by atoms with van der Waals surface area (Å²) in [6, 6.07) is 5.52. The van der Waals surface area contributed by atoms with E-state index >= 15 is 0 Å². The third-order valence-electron chi connectivity index (χ3n) is 2.07. The van der Waals surface area contributed by atoms with E-state index in [1.807, 2.05) is 18.2 Å². The average molecular weight is 280 g/mol. The molecule has 0 atom stereocenters. The second-order valence-electron chi connectivity index (χ2n) is 3.29. The Bertz CT molecular complexity index is 474. The molecule has 1 aromatic rings. The van der Waals surface area contributed by atoms with Crippen molar-refractivity contribution in [2.45, 2.75) is 6.42 Å². The number of amides is 1. The molecule has 0 aliphatic carbocycles. The minimum absolute atomic E-state index is 0.0747. The van der Waals surface area contributed by atoms with Gasteiger partial charge in [-0.2, -0.15) is 0 Å². The quantitative estimate of drug-likeness (QED) is 0.632. The van der Waals surface area contributed by atoms with E-state index in [4.69, 9.17) is 4.74 Å². The molecular formula is C12H10BrNO2. The number of carbonyl (C=O) groups is 1. The lowest BCUT2D eigenvalue weighted by atomic mass is 10.1. The summed E-state index contributed by atoms with van der Waals surface area (Å²) in [6.07, 6.45) is 0.814. The molecule has 0 unspecified atom stereocenters. The van der Waals surface area contributed by atoms with Crippen molar-refractivity contribution in [3.8, 4) is 17.6 Å². The summed E-state index contributed by atoms with van der Waals surface area (Å²) in [6.45, 7) is 0.0747. The van der Waals surface area contributed by atoms with Gasteiger partial charge in [-0.15, -0.1) is 0 Å². The zero-order valence-electron chi connectivity index (χ0n) is 8.55. The number of nitrogens with one attached hydrogen (secondary N) is 1. The highest BCUT2D eigenvalue weighted by molar-refractivity contribution is 9.09. The van der Waals surface area contributed by atoms with Crippen molar-refractivity contribution in [2.24, 2.45) is 0 Å². The van der Waals surface area contributed by atoms with Gasteiger partial charge in [0, 0.05) is 17.3 Å². The Morgan fingerprint density at radius 3 is 3.19 bits per heavy atom. The van der Waals surface area contributed by atoms with Crippen LogP contribution in [0, 0.1) is 11.8 Å². The van der Waals surface area contributed by atoms with Gasteiger partial charge in [0.25, 0.3) is 5.91 Å². The predicted octanol–water partition coefficient (Wildman–Crippen LogP) is 2.15. The molecule has 1 amide bonds. The maximum absolute atomic E-state index is 11.1. The van der Waals surface area contributed by atoms with Crippen molar-refractivity contribution >= 4 is 27.5 Å². The van der Waals surface area contributed by atoms with Crippen molar-refractivity contribution < 1.29 is 9.53 Å². The third-order valence-corrected chi connectivity index (χ3v) is 2.46. The second-order valence-corrected chi connectivity index (χ2v) is 4.08. The summed E-state index contributed by atoms with van der Waals surface area (Å²) in [5.74, 6) is 6.63. The van der Waals surface area contributed by atoms with Crippen LogP contribution in [0.1, 0.15) is 12.0 Å². The molecule has 0 saturated carbocycles. The lowest BCUT2D eigenvalue weighted by Gasteiger charge is -2.17. The van der Waals surface area contributed by atoms with Crippen LogP contribution in [0.25, 0.3) is 0 Å². The lowest BCUT2D eigenvalue weighted by molar-refractivity contribution is -0.118. The van der Waals surface area contributed by atoms with Gasteiger partial charge in [0.2, 0.25) is 0 Å². The molecule has 3 nitrogen and oxygen atoms in total. The molecular weight excluding hydrogens is 270 g/mol. The van der Waals surface area contributed by atoms with Crippen molar-refractivity contribution in [1.29, 1.82) is 0 Å². The number of hydrogen-bond donors (Lipinski definition) is 1. The van der Waals surface area contributed by atoms with Gasteiger partial charge in [-0.05, 0) is 18.2 Å². The maximum Gasteiger partial charge on any atom is 0.262 e. The minimum atomic E-state index is -0.120. The van der Waals surface area contributed by atoms with E-state index < -0.39 is 0 Å². The summed E-state index contributed by atoms with van der Waals surface area (Å²) >= 11 is 3.31. The molecule has 0 aromatic heterocycles. The Labute approximate surface area is 102 Å². The zero-order chi connectivity index (χ0) is 11.4. The smallest absolute Gasteiger partial charge is 0.262 e. The molecule has 4 heteroatoms. The SMILES string of the molecule is O=C1COc2cc(C#CCCBr)ccc2N1. The highest BCUT2D eigenvalue weighted by atomic mass is 79.9. The van der Waals surface area contributed by atoms with Gasteiger partial charge in [-0.25, -0.2) is 0 Å². The molecule has 1 aliphatic heterocycles. The van der Waals surface area contributed by atoms with Crippen LogP contribution in [0.5, 0.6) is 5.75 Å². The monoisotopic (exact) mass is 279 g/mol. The molecule has 0 fully saturated rings. The number of ether oxygens (including phenoxy) is 1. The third kappa shape index (κ3) is 2.56. The molecule has 0 bridgehead atoms. The molecule has 2 rings (SSSR count). The van der Waals surface area contributed by atoms with Gasteiger partial charge in [0.15, 0.2) is 6.61 Å². The molecule has 1 heterocycles. The number of carbonyl (C=O) groups excluding carboxylic acids is 1. The van der Waals surface area contributed by atoms with Crippen LogP contribution in [-0.2, 0) is 4.79 Å². The number of alkyl halides is 1. The van der Waals surface area contributed by atoms with E-state index in [1.165, 1.54) is 0 Å². The summed E-state index contributed by atoms with van der Waals surface area (Å²) in [5, 5.41) is 3.61. The summed E-state index contributed by atoms with van der Waals surface area (Å²) in [4.78, 5) is 11.1. The molecule has 1 aliphatic rings. The second kappa shape index (κ2) is 5.04. The molecule has 0 radical (unpaired) electrons. The Balaban J connectivity index is 2.20. The first-order valence-electron chi connectivity index (χ1n) is 4.91. The number of anilines is 1. The van der Waals surface area contributed by atoms with Crippen molar-refractivity contribution in [3.05, 3.63) is 23.8 Å². The molecule has 82 valence electrons.